The van der Waals surface area contributed by atoms with E-state index in [1.807, 2.05) is 12.1 Å². The molecular weight excluding hydrogens is 302 g/mol. The molecule has 118 valence electrons. The molecule has 2 fully saturated rings. The van der Waals surface area contributed by atoms with Crippen molar-refractivity contribution in [3.63, 3.8) is 0 Å². The highest BCUT2D eigenvalue weighted by Gasteiger charge is 2.35. The van der Waals surface area contributed by atoms with Gasteiger partial charge in [-0.25, -0.2) is 0 Å². The molecule has 0 saturated carbocycles. The van der Waals surface area contributed by atoms with Crippen LogP contribution in [-0.2, 0) is 9.59 Å². The van der Waals surface area contributed by atoms with Gasteiger partial charge in [-0.3, -0.25) is 9.59 Å². The molecule has 22 heavy (non-hydrogen) atoms. The number of amides is 2. The number of benzene rings is 1. The van der Waals surface area contributed by atoms with E-state index >= 15 is 0 Å². The third-order valence-corrected chi connectivity index (χ3v) is 4.57. The summed E-state index contributed by atoms with van der Waals surface area (Å²) < 4.78 is 0. The van der Waals surface area contributed by atoms with Gasteiger partial charge in [0.15, 0.2) is 0 Å². The second-order valence-corrected chi connectivity index (χ2v) is 6.36. The van der Waals surface area contributed by atoms with Gasteiger partial charge in [0.1, 0.15) is 0 Å². The summed E-state index contributed by atoms with van der Waals surface area (Å²) in [6.45, 7) is 2.10. The predicted molar refractivity (Wildman–Crippen MR) is 85.9 cm³/mol. The van der Waals surface area contributed by atoms with Crippen molar-refractivity contribution < 1.29 is 9.59 Å². The van der Waals surface area contributed by atoms with E-state index in [4.69, 9.17) is 11.6 Å². The van der Waals surface area contributed by atoms with Gasteiger partial charge < -0.3 is 15.5 Å². The average Bonchev–Trinajstić information content (AvgIpc) is 3.15. The Balaban J connectivity index is 1.56. The van der Waals surface area contributed by atoms with Crippen LogP contribution in [-0.4, -0.2) is 37.5 Å². The average molecular weight is 322 g/mol. The molecule has 0 bridgehead atoms. The zero-order valence-corrected chi connectivity index (χ0v) is 13.1. The monoisotopic (exact) mass is 321 g/mol. The molecule has 2 aliphatic heterocycles. The Bertz CT molecular complexity index is 555. The van der Waals surface area contributed by atoms with E-state index in [0.29, 0.717) is 24.2 Å². The van der Waals surface area contributed by atoms with Crippen LogP contribution in [0.25, 0.3) is 0 Å². The highest BCUT2D eigenvalue weighted by atomic mass is 35.5. The van der Waals surface area contributed by atoms with Crippen molar-refractivity contribution in [1.82, 2.24) is 10.6 Å². The number of anilines is 1. The van der Waals surface area contributed by atoms with Crippen LogP contribution in [0.15, 0.2) is 24.3 Å². The summed E-state index contributed by atoms with van der Waals surface area (Å²) in [6, 6.07) is 7.49. The Morgan fingerprint density at radius 3 is 2.82 bits per heavy atom. The van der Waals surface area contributed by atoms with Gasteiger partial charge >= 0.3 is 0 Å². The van der Waals surface area contributed by atoms with Crippen LogP contribution in [0.3, 0.4) is 0 Å². The van der Waals surface area contributed by atoms with Crippen molar-refractivity contribution in [3.05, 3.63) is 29.3 Å². The van der Waals surface area contributed by atoms with Crippen LogP contribution >= 0.6 is 11.6 Å². The summed E-state index contributed by atoms with van der Waals surface area (Å²) in [5, 5.41) is 6.95. The molecule has 2 aliphatic rings. The van der Waals surface area contributed by atoms with Crippen LogP contribution in [0, 0.1) is 5.92 Å². The summed E-state index contributed by atoms with van der Waals surface area (Å²) in [7, 11) is 0. The number of rotatable bonds is 4. The second kappa shape index (κ2) is 6.67. The molecule has 2 saturated heterocycles. The molecule has 2 heterocycles. The lowest BCUT2D eigenvalue weighted by molar-refractivity contribution is -0.126. The van der Waals surface area contributed by atoms with Gasteiger partial charge in [-0.2, -0.15) is 0 Å². The molecule has 0 aromatic heterocycles. The van der Waals surface area contributed by atoms with E-state index in [-0.39, 0.29) is 24.2 Å². The molecule has 1 aromatic carbocycles. The maximum absolute atomic E-state index is 12.2. The molecule has 6 heteroatoms. The molecular formula is C16H20ClN3O2. The molecule has 0 radical (unpaired) electrons. The summed E-state index contributed by atoms with van der Waals surface area (Å²) in [4.78, 5) is 26.0. The van der Waals surface area contributed by atoms with E-state index in [1.54, 1.807) is 17.0 Å². The van der Waals surface area contributed by atoms with E-state index in [1.165, 1.54) is 0 Å². The van der Waals surface area contributed by atoms with Crippen molar-refractivity contribution in [2.24, 2.45) is 5.92 Å². The number of carbonyl (C=O) groups excluding carboxylic acids is 2. The molecule has 2 amide bonds. The van der Waals surface area contributed by atoms with Crippen molar-refractivity contribution in [3.8, 4) is 0 Å². The topological polar surface area (TPSA) is 61.4 Å². The quantitative estimate of drug-likeness (QED) is 0.884. The lowest BCUT2D eigenvalue weighted by Gasteiger charge is -2.17. The third-order valence-electron chi connectivity index (χ3n) is 4.32. The smallest absolute Gasteiger partial charge is 0.227 e. The zero-order chi connectivity index (χ0) is 15.5. The van der Waals surface area contributed by atoms with Gasteiger partial charge in [0.2, 0.25) is 11.8 Å². The number of nitrogens with zero attached hydrogens (tertiary/aromatic N) is 1. The van der Waals surface area contributed by atoms with Gasteiger partial charge in [-0.1, -0.05) is 11.6 Å². The van der Waals surface area contributed by atoms with E-state index in [0.717, 1.165) is 25.1 Å². The number of hydrogen-bond acceptors (Lipinski definition) is 3. The lowest BCUT2D eigenvalue weighted by Crippen LogP contribution is -2.40. The second-order valence-electron chi connectivity index (χ2n) is 5.92. The molecule has 2 unspecified atom stereocenters. The maximum Gasteiger partial charge on any atom is 0.227 e. The van der Waals surface area contributed by atoms with Crippen molar-refractivity contribution in [2.45, 2.75) is 25.3 Å². The van der Waals surface area contributed by atoms with Crippen LogP contribution in [0.4, 0.5) is 5.69 Å². The van der Waals surface area contributed by atoms with Crippen molar-refractivity contribution in [2.75, 3.05) is 24.5 Å². The minimum Gasteiger partial charge on any atom is -0.354 e. The third kappa shape index (κ3) is 3.42. The van der Waals surface area contributed by atoms with Gasteiger partial charge in [-0.05, 0) is 43.7 Å². The van der Waals surface area contributed by atoms with Crippen molar-refractivity contribution in [1.29, 1.82) is 0 Å². The first-order chi connectivity index (χ1) is 10.6. The Labute approximate surface area is 135 Å². The summed E-state index contributed by atoms with van der Waals surface area (Å²) >= 11 is 5.86. The van der Waals surface area contributed by atoms with Crippen molar-refractivity contribution >= 4 is 29.1 Å². The van der Waals surface area contributed by atoms with Gasteiger partial charge in [0, 0.05) is 36.3 Å². The fourth-order valence-electron chi connectivity index (χ4n) is 3.05. The molecule has 2 N–H and O–H groups in total. The first-order valence-corrected chi connectivity index (χ1v) is 8.08. The largest absolute Gasteiger partial charge is 0.354 e. The molecule has 3 rings (SSSR count). The van der Waals surface area contributed by atoms with Gasteiger partial charge in [-0.15, -0.1) is 0 Å². The molecule has 2 atom stereocenters. The van der Waals surface area contributed by atoms with E-state index in [9.17, 15) is 9.59 Å². The normalized spacial score (nSPS) is 24.8. The number of nitrogens with one attached hydrogen (secondary N) is 2. The summed E-state index contributed by atoms with van der Waals surface area (Å²) in [5.41, 5.74) is 0.794. The summed E-state index contributed by atoms with van der Waals surface area (Å²) in [5.74, 6) is -0.315. The van der Waals surface area contributed by atoms with Gasteiger partial charge in [0.05, 0.1) is 5.92 Å². The first-order valence-electron chi connectivity index (χ1n) is 7.70. The minimum absolute atomic E-state index is 0.0125. The molecule has 1 aromatic rings. The zero-order valence-electron chi connectivity index (χ0n) is 12.3. The number of carbonyl (C=O) groups is 2. The first kappa shape index (κ1) is 15.3. The minimum atomic E-state index is -0.274. The van der Waals surface area contributed by atoms with Crippen LogP contribution in [0.2, 0.25) is 5.02 Å². The van der Waals surface area contributed by atoms with Crippen LogP contribution < -0.4 is 15.5 Å². The Hall–Kier alpha value is -1.59. The highest BCUT2D eigenvalue weighted by molar-refractivity contribution is 6.30. The highest BCUT2D eigenvalue weighted by Crippen LogP contribution is 2.26. The van der Waals surface area contributed by atoms with Crippen LogP contribution in [0.5, 0.6) is 0 Å². The van der Waals surface area contributed by atoms with E-state index < -0.39 is 0 Å². The van der Waals surface area contributed by atoms with Gasteiger partial charge in [0.25, 0.3) is 0 Å². The number of hydrogen-bond donors (Lipinski definition) is 2. The molecule has 5 nitrogen and oxygen atoms in total. The fourth-order valence-corrected chi connectivity index (χ4v) is 3.18. The predicted octanol–water partition coefficient (Wildman–Crippen LogP) is 1.56. The van der Waals surface area contributed by atoms with E-state index in [2.05, 4.69) is 10.6 Å². The Kier molecular flexibility index (Phi) is 4.64. The SMILES string of the molecule is O=C(NCC1CCCN1)C1CC(=O)N(c2ccc(Cl)cc2)C1. The molecule has 0 spiro atoms. The Morgan fingerprint density at radius 2 is 2.14 bits per heavy atom. The standard InChI is InChI=1S/C16H20ClN3O2/c17-12-3-5-14(6-4-12)20-10-11(8-15(20)21)16(22)19-9-13-2-1-7-18-13/h3-6,11,13,18H,1-2,7-10H2,(H,19,22). The lowest BCUT2D eigenvalue weighted by atomic mass is 10.1. The Morgan fingerprint density at radius 1 is 1.36 bits per heavy atom. The van der Waals surface area contributed by atoms with Crippen LogP contribution in [0.1, 0.15) is 19.3 Å². The maximum atomic E-state index is 12.2. The number of halogens is 1. The summed E-state index contributed by atoms with van der Waals surface area (Å²) in [6.07, 6.45) is 2.53. The fraction of sp³-hybridized carbons (Fsp3) is 0.500. The molecule has 0 aliphatic carbocycles.